The normalized spacial score (nSPS) is 11.1. The summed E-state index contributed by atoms with van der Waals surface area (Å²) < 4.78 is 0. The van der Waals surface area contributed by atoms with Crippen LogP contribution < -0.4 is 10.7 Å². The van der Waals surface area contributed by atoms with Gasteiger partial charge in [-0.1, -0.05) is 30.3 Å². The smallest absolute Gasteiger partial charge is 0.274 e. The van der Waals surface area contributed by atoms with Crippen molar-refractivity contribution in [2.45, 2.75) is 32.9 Å². The van der Waals surface area contributed by atoms with E-state index in [1.54, 1.807) is 24.0 Å². The third-order valence-corrected chi connectivity index (χ3v) is 7.37. The van der Waals surface area contributed by atoms with Crippen LogP contribution in [-0.4, -0.2) is 35.5 Å². The van der Waals surface area contributed by atoms with Crippen LogP contribution in [0.5, 0.6) is 0 Å². The molecule has 0 aliphatic rings. The summed E-state index contributed by atoms with van der Waals surface area (Å²) in [6, 6.07) is 13.4. The van der Waals surface area contributed by atoms with Crippen LogP contribution in [0.2, 0.25) is 0 Å². The number of hydrogen-bond acceptors (Lipinski definition) is 6. The SMILES string of the molecule is Cc1ccc(/C=N/NC(=O)c2c(C)csc2NC(=O)c2cccc(CSCCCO)c2)cc1C. The van der Waals surface area contributed by atoms with Crippen molar-refractivity contribution in [3.63, 3.8) is 0 Å². The summed E-state index contributed by atoms with van der Waals surface area (Å²) in [6.07, 6.45) is 2.36. The van der Waals surface area contributed by atoms with Crippen molar-refractivity contribution in [3.05, 3.63) is 86.8 Å². The third-order valence-electron chi connectivity index (χ3n) is 5.24. The van der Waals surface area contributed by atoms with Gasteiger partial charge >= 0.3 is 0 Å². The van der Waals surface area contributed by atoms with Crippen LogP contribution in [0.25, 0.3) is 0 Å². The molecule has 0 bridgehead atoms. The van der Waals surface area contributed by atoms with Crippen molar-refractivity contribution in [1.82, 2.24) is 5.43 Å². The number of carbonyl (C=O) groups is 2. The molecule has 1 heterocycles. The number of aliphatic hydroxyl groups is 1. The molecule has 0 aliphatic carbocycles. The van der Waals surface area contributed by atoms with Crippen LogP contribution in [0.3, 0.4) is 0 Å². The van der Waals surface area contributed by atoms with Gasteiger partial charge in [0.05, 0.1) is 11.8 Å². The predicted molar refractivity (Wildman–Crippen MR) is 142 cm³/mol. The van der Waals surface area contributed by atoms with Crippen molar-refractivity contribution in [2.24, 2.45) is 5.10 Å². The lowest BCUT2D eigenvalue weighted by Crippen LogP contribution is -2.21. The van der Waals surface area contributed by atoms with E-state index in [0.717, 1.165) is 40.2 Å². The van der Waals surface area contributed by atoms with Gasteiger partial charge < -0.3 is 10.4 Å². The van der Waals surface area contributed by atoms with E-state index in [0.29, 0.717) is 16.1 Å². The van der Waals surface area contributed by atoms with Gasteiger partial charge in [-0.15, -0.1) is 11.3 Å². The fourth-order valence-electron chi connectivity index (χ4n) is 3.22. The number of hydrogen-bond donors (Lipinski definition) is 3. The first kappa shape index (κ1) is 25.7. The van der Waals surface area contributed by atoms with Crippen LogP contribution in [-0.2, 0) is 5.75 Å². The molecule has 0 radical (unpaired) electrons. The second-order valence-corrected chi connectivity index (χ2v) is 9.93. The molecule has 3 aromatic rings. The van der Waals surface area contributed by atoms with Crippen LogP contribution in [0.15, 0.2) is 52.9 Å². The lowest BCUT2D eigenvalue weighted by molar-refractivity contribution is 0.0956. The van der Waals surface area contributed by atoms with Gasteiger partial charge in [-0.05, 0) is 78.3 Å². The van der Waals surface area contributed by atoms with E-state index in [-0.39, 0.29) is 18.4 Å². The molecule has 3 N–H and O–H groups in total. The average molecular weight is 496 g/mol. The number of thiophene rings is 1. The number of carbonyl (C=O) groups excluding carboxylic acids is 2. The van der Waals surface area contributed by atoms with Gasteiger partial charge in [-0.2, -0.15) is 16.9 Å². The summed E-state index contributed by atoms with van der Waals surface area (Å²) in [7, 11) is 0. The molecule has 0 aliphatic heterocycles. The Balaban J connectivity index is 1.65. The Morgan fingerprint density at radius 3 is 2.65 bits per heavy atom. The molecule has 2 amide bonds. The molecule has 3 rings (SSSR count). The van der Waals surface area contributed by atoms with Crippen LogP contribution in [0.1, 0.15) is 55.0 Å². The van der Waals surface area contributed by atoms with E-state index < -0.39 is 0 Å². The maximum atomic E-state index is 12.9. The zero-order valence-electron chi connectivity index (χ0n) is 19.6. The van der Waals surface area contributed by atoms with Gasteiger partial charge in [0.2, 0.25) is 0 Å². The molecule has 6 nitrogen and oxygen atoms in total. The highest BCUT2D eigenvalue weighted by Crippen LogP contribution is 2.28. The Morgan fingerprint density at radius 2 is 1.88 bits per heavy atom. The fraction of sp³-hybridized carbons (Fsp3) is 0.269. The summed E-state index contributed by atoms with van der Waals surface area (Å²) in [6.45, 7) is 6.09. The lowest BCUT2D eigenvalue weighted by Gasteiger charge is -2.08. The highest BCUT2D eigenvalue weighted by molar-refractivity contribution is 7.98. The van der Waals surface area contributed by atoms with E-state index >= 15 is 0 Å². The Hall–Kier alpha value is -2.94. The number of benzene rings is 2. The summed E-state index contributed by atoms with van der Waals surface area (Å²) in [5.74, 6) is 0.997. The summed E-state index contributed by atoms with van der Waals surface area (Å²) in [5.41, 5.74) is 8.57. The van der Waals surface area contributed by atoms with Gasteiger partial charge in [-0.3, -0.25) is 9.59 Å². The number of thioether (sulfide) groups is 1. The van der Waals surface area contributed by atoms with E-state index in [9.17, 15) is 9.59 Å². The molecular weight excluding hydrogens is 466 g/mol. The molecule has 1 aromatic heterocycles. The standard InChI is InChI=1S/C26H29N3O3S2/c1-17-8-9-20(12-18(17)2)14-27-29-25(32)23-19(3)15-34-26(23)28-24(31)22-7-4-6-21(13-22)16-33-11-5-10-30/h4,6-9,12-15,30H,5,10-11,16H2,1-3H3,(H,28,31)(H,29,32)/b27-14+. The summed E-state index contributed by atoms with van der Waals surface area (Å²) in [5, 5.41) is 18.2. The van der Waals surface area contributed by atoms with Crippen molar-refractivity contribution in [3.8, 4) is 0 Å². The molecule has 0 spiro atoms. The Bertz CT molecular complexity index is 1190. The Morgan fingerprint density at radius 1 is 1.06 bits per heavy atom. The van der Waals surface area contributed by atoms with Gasteiger partial charge in [0.25, 0.3) is 11.8 Å². The van der Waals surface area contributed by atoms with Crippen LogP contribution in [0.4, 0.5) is 5.00 Å². The highest BCUT2D eigenvalue weighted by atomic mass is 32.2. The van der Waals surface area contributed by atoms with Gasteiger partial charge in [-0.25, -0.2) is 5.43 Å². The second-order valence-electron chi connectivity index (χ2n) is 7.95. The van der Waals surface area contributed by atoms with Gasteiger partial charge in [0.15, 0.2) is 0 Å². The number of anilines is 1. The molecule has 0 saturated carbocycles. The average Bonchev–Trinajstić information content (AvgIpc) is 3.19. The maximum absolute atomic E-state index is 12.9. The molecule has 8 heteroatoms. The van der Waals surface area contributed by atoms with Crippen molar-refractivity contribution < 1.29 is 14.7 Å². The molecule has 0 atom stereocenters. The molecule has 2 aromatic carbocycles. The van der Waals surface area contributed by atoms with Gasteiger partial charge in [0, 0.05) is 17.9 Å². The van der Waals surface area contributed by atoms with E-state index in [2.05, 4.69) is 15.8 Å². The quantitative estimate of drug-likeness (QED) is 0.202. The minimum atomic E-state index is -0.372. The minimum absolute atomic E-state index is 0.183. The highest BCUT2D eigenvalue weighted by Gasteiger charge is 2.19. The van der Waals surface area contributed by atoms with Crippen LogP contribution in [0, 0.1) is 20.8 Å². The maximum Gasteiger partial charge on any atom is 0.274 e. The predicted octanol–water partition coefficient (Wildman–Crippen LogP) is 5.31. The first-order valence-electron chi connectivity index (χ1n) is 11.0. The van der Waals surface area contributed by atoms with E-state index in [1.165, 1.54) is 16.9 Å². The van der Waals surface area contributed by atoms with Crippen molar-refractivity contribution in [1.29, 1.82) is 0 Å². The Labute approximate surface area is 208 Å². The summed E-state index contributed by atoms with van der Waals surface area (Å²) >= 11 is 3.03. The number of aliphatic hydroxyl groups excluding tert-OH is 1. The number of amides is 2. The zero-order valence-corrected chi connectivity index (χ0v) is 21.2. The molecule has 0 saturated heterocycles. The van der Waals surface area contributed by atoms with Crippen molar-refractivity contribution in [2.75, 3.05) is 17.7 Å². The fourth-order valence-corrected chi connectivity index (χ4v) is 5.05. The molecule has 34 heavy (non-hydrogen) atoms. The van der Waals surface area contributed by atoms with E-state index in [1.807, 2.05) is 62.5 Å². The number of nitrogens with one attached hydrogen (secondary N) is 2. The van der Waals surface area contributed by atoms with E-state index in [4.69, 9.17) is 5.11 Å². The van der Waals surface area contributed by atoms with Gasteiger partial charge in [0.1, 0.15) is 5.00 Å². The largest absolute Gasteiger partial charge is 0.396 e. The monoisotopic (exact) mass is 495 g/mol. The molecule has 178 valence electrons. The third kappa shape index (κ3) is 7.03. The number of aryl methyl sites for hydroxylation is 3. The number of rotatable bonds is 10. The lowest BCUT2D eigenvalue weighted by atomic mass is 10.1. The molecular formula is C26H29N3O3S2. The number of hydrazone groups is 1. The first-order chi connectivity index (χ1) is 16.4. The number of nitrogens with zero attached hydrogens (tertiary/aromatic N) is 1. The summed E-state index contributed by atoms with van der Waals surface area (Å²) in [4.78, 5) is 25.7. The van der Waals surface area contributed by atoms with Crippen LogP contribution >= 0.6 is 23.1 Å². The second kappa shape index (κ2) is 12.5. The minimum Gasteiger partial charge on any atom is -0.396 e. The topological polar surface area (TPSA) is 90.8 Å². The Kier molecular flexibility index (Phi) is 9.44. The zero-order chi connectivity index (χ0) is 24.5. The van der Waals surface area contributed by atoms with Crippen molar-refractivity contribution >= 4 is 46.1 Å². The molecule has 0 fully saturated rings. The molecule has 0 unspecified atom stereocenters. The first-order valence-corrected chi connectivity index (χ1v) is 13.0.